The van der Waals surface area contributed by atoms with Crippen molar-refractivity contribution in [2.45, 2.75) is 32.4 Å². The molecule has 0 bridgehead atoms. The first-order chi connectivity index (χ1) is 9.06. The molecule has 13 heavy (non-hydrogen) atoms. The first-order valence-corrected chi connectivity index (χ1v) is 4.00. The van der Waals surface area contributed by atoms with Gasteiger partial charge in [-0.1, -0.05) is 50.0 Å². The SMILES string of the molecule is [2H]C(CC([2H])([2H])C([2H])([2H])[2H])C([2H])C(=O)c1ccccc1. The van der Waals surface area contributed by atoms with Crippen molar-refractivity contribution >= 4 is 5.78 Å². The van der Waals surface area contributed by atoms with E-state index in [1.165, 1.54) is 12.1 Å². The predicted molar refractivity (Wildman–Crippen MR) is 54.9 cm³/mol. The van der Waals surface area contributed by atoms with E-state index >= 15 is 0 Å². The van der Waals surface area contributed by atoms with E-state index in [0.29, 0.717) is 0 Å². The average Bonchev–Trinajstić information content (AvgIpc) is 2.36. The molecule has 1 heteroatoms. The summed E-state index contributed by atoms with van der Waals surface area (Å²) in [5, 5.41) is 0. The normalized spacial score (nSPS) is 24.8. The lowest BCUT2D eigenvalue weighted by molar-refractivity contribution is 0.0979. The number of hydrogen-bond donors (Lipinski definition) is 0. The van der Waals surface area contributed by atoms with E-state index in [-0.39, 0.29) is 5.56 Å². The van der Waals surface area contributed by atoms with Gasteiger partial charge >= 0.3 is 0 Å². The molecule has 0 aliphatic carbocycles. The predicted octanol–water partition coefficient (Wildman–Crippen LogP) is 3.45. The zero-order chi connectivity index (χ0) is 15.6. The fourth-order valence-electron chi connectivity index (χ4n) is 0.924. The fourth-order valence-corrected chi connectivity index (χ4v) is 0.924. The Morgan fingerprint density at radius 3 is 2.92 bits per heavy atom. The van der Waals surface area contributed by atoms with E-state index in [2.05, 4.69) is 0 Å². The molecule has 2 atom stereocenters. The monoisotopic (exact) mass is 183 g/mol. The molecule has 0 saturated heterocycles. The van der Waals surface area contributed by atoms with Crippen LogP contribution >= 0.6 is 0 Å². The first-order valence-electron chi connectivity index (χ1n) is 7.65. The third-order valence-electron chi connectivity index (χ3n) is 1.55. The minimum absolute atomic E-state index is 0.263. The average molecular weight is 183 g/mol. The highest BCUT2D eigenvalue weighted by Crippen LogP contribution is 2.07. The maximum atomic E-state index is 12.0. The summed E-state index contributed by atoms with van der Waals surface area (Å²) in [7, 11) is 0. The maximum absolute atomic E-state index is 12.0. The van der Waals surface area contributed by atoms with Crippen LogP contribution < -0.4 is 0 Å². The highest BCUT2D eigenvalue weighted by Gasteiger charge is 2.02. The van der Waals surface area contributed by atoms with Gasteiger partial charge < -0.3 is 0 Å². The Hall–Kier alpha value is -1.11. The minimum atomic E-state index is -2.87. The van der Waals surface area contributed by atoms with Crippen molar-refractivity contribution in [3.8, 4) is 0 Å². The van der Waals surface area contributed by atoms with Crippen LogP contribution in [0.5, 0.6) is 0 Å². The zero-order valence-electron chi connectivity index (χ0n) is 14.2. The van der Waals surface area contributed by atoms with E-state index in [4.69, 9.17) is 9.60 Å². The number of carbonyl (C=O) groups excluding carboxylic acids is 1. The summed E-state index contributed by atoms with van der Waals surface area (Å²) >= 11 is 0. The lowest BCUT2D eigenvalue weighted by atomic mass is 10.1. The van der Waals surface area contributed by atoms with Gasteiger partial charge in [0.15, 0.2) is 5.78 Å². The number of rotatable bonds is 5. The molecule has 0 fully saturated rings. The minimum Gasteiger partial charge on any atom is -0.294 e. The van der Waals surface area contributed by atoms with Gasteiger partial charge in [-0.2, -0.15) is 0 Å². The summed E-state index contributed by atoms with van der Waals surface area (Å²) in [5.74, 6) is -0.605. The van der Waals surface area contributed by atoms with E-state index in [0.717, 1.165) is 0 Å². The summed E-state index contributed by atoms with van der Waals surface area (Å²) in [6.45, 7) is -2.87. The fraction of sp³-hybridized carbons (Fsp3) is 0.417. The molecule has 1 aromatic carbocycles. The van der Waals surface area contributed by atoms with Gasteiger partial charge in [0, 0.05) is 21.6 Å². The van der Waals surface area contributed by atoms with Gasteiger partial charge in [0.05, 0.1) is 0 Å². The zero-order valence-corrected chi connectivity index (χ0v) is 7.16. The highest BCUT2D eigenvalue weighted by atomic mass is 16.1. The number of Topliss-reactive ketones (excluding diaryl/α,β-unsaturated/α-hetero) is 1. The van der Waals surface area contributed by atoms with Crippen LogP contribution in [0.3, 0.4) is 0 Å². The summed E-state index contributed by atoms with van der Waals surface area (Å²) in [5.41, 5.74) is 0.263. The van der Waals surface area contributed by atoms with Crippen molar-refractivity contribution in [2.24, 2.45) is 0 Å². The van der Waals surface area contributed by atoms with Crippen LogP contribution in [-0.4, -0.2) is 5.78 Å². The van der Waals surface area contributed by atoms with Crippen LogP contribution in [0.15, 0.2) is 30.3 Å². The standard InChI is InChI=1S/C12H16O/c1-2-3-5-10-12(13)11-8-6-4-7-9-11/h4,6-9H,2-3,5,10H2,1H3/i1D3,2D2,5D,10D. The van der Waals surface area contributed by atoms with Crippen LogP contribution in [0.25, 0.3) is 0 Å². The van der Waals surface area contributed by atoms with Crippen molar-refractivity contribution in [3.63, 3.8) is 0 Å². The summed E-state index contributed by atoms with van der Waals surface area (Å²) in [4.78, 5) is 12.0. The Kier molecular flexibility index (Phi) is 1.68. The lowest BCUT2D eigenvalue weighted by Gasteiger charge is -1.99. The molecular weight excluding hydrogens is 160 g/mol. The smallest absolute Gasteiger partial charge is 0.162 e. The first kappa shape index (κ1) is 3.95. The highest BCUT2D eigenvalue weighted by molar-refractivity contribution is 5.95. The molecular formula is C12H16O. The Labute approximate surface area is 89.6 Å². The van der Waals surface area contributed by atoms with Gasteiger partial charge in [0.1, 0.15) is 0 Å². The van der Waals surface area contributed by atoms with Crippen LogP contribution in [0.1, 0.15) is 52.4 Å². The lowest BCUT2D eigenvalue weighted by Crippen LogP contribution is -1.97. The van der Waals surface area contributed by atoms with Gasteiger partial charge in [0.2, 0.25) is 0 Å². The Morgan fingerprint density at radius 2 is 2.23 bits per heavy atom. The molecule has 0 amide bonds. The molecule has 0 radical (unpaired) electrons. The topological polar surface area (TPSA) is 17.1 Å². The Bertz CT molecular complexity index is 455. The molecule has 2 unspecified atom stereocenters. The molecule has 0 N–H and O–H groups in total. The summed E-state index contributed by atoms with van der Waals surface area (Å²) in [6.07, 6.45) is -6.21. The van der Waals surface area contributed by atoms with E-state index in [1.54, 1.807) is 18.2 Å². The van der Waals surface area contributed by atoms with Crippen LogP contribution in [0.4, 0.5) is 0 Å². The van der Waals surface area contributed by atoms with E-state index in [9.17, 15) is 4.79 Å². The number of hydrogen-bond acceptors (Lipinski definition) is 1. The van der Waals surface area contributed by atoms with Gasteiger partial charge in [-0.15, -0.1) is 0 Å². The molecule has 0 heterocycles. The van der Waals surface area contributed by atoms with Gasteiger partial charge in [-0.3, -0.25) is 4.79 Å². The van der Waals surface area contributed by atoms with Crippen LogP contribution in [0.2, 0.25) is 0 Å². The van der Waals surface area contributed by atoms with Crippen molar-refractivity contribution in [1.29, 1.82) is 0 Å². The van der Waals surface area contributed by atoms with Crippen LogP contribution in [-0.2, 0) is 0 Å². The quantitative estimate of drug-likeness (QED) is 0.639. The van der Waals surface area contributed by atoms with Gasteiger partial charge in [-0.05, 0) is 6.40 Å². The molecule has 0 aromatic heterocycles. The second-order valence-corrected chi connectivity index (χ2v) is 2.51. The number of benzene rings is 1. The second-order valence-electron chi connectivity index (χ2n) is 2.51. The van der Waals surface area contributed by atoms with E-state index in [1.807, 2.05) is 0 Å². The molecule has 0 saturated carbocycles. The second kappa shape index (κ2) is 5.52. The van der Waals surface area contributed by atoms with Crippen molar-refractivity contribution in [2.75, 3.05) is 0 Å². The third-order valence-corrected chi connectivity index (χ3v) is 1.55. The van der Waals surface area contributed by atoms with Gasteiger partial charge in [0.25, 0.3) is 0 Å². The molecule has 0 aliphatic rings. The summed E-state index contributed by atoms with van der Waals surface area (Å²) < 4.78 is 51.5. The van der Waals surface area contributed by atoms with Crippen molar-refractivity contribution in [1.82, 2.24) is 0 Å². The molecule has 0 spiro atoms. The Balaban J connectivity index is 2.78. The number of ketones is 1. The van der Waals surface area contributed by atoms with Crippen molar-refractivity contribution in [3.05, 3.63) is 35.9 Å². The molecule has 70 valence electrons. The third kappa shape index (κ3) is 3.41. The van der Waals surface area contributed by atoms with E-state index < -0.39 is 38.2 Å². The molecule has 1 nitrogen and oxygen atoms in total. The number of carbonyl (C=O) groups is 1. The van der Waals surface area contributed by atoms with Crippen molar-refractivity contribution < 1.29 is 14.4 Å². The Morgan fingerprint density at radius 1 is 1.46 bits per heavy atom. The van der Waals surface area contributed by atoms with Crippen LogP contribution in [0, 0.1) is 0 Å². The van der Waals surface area contributed by atoms with Gasteiger partial charge in [-0.25, -0.2) is 0 Å². The molecule has 0 aliphatic heterocycles. The maximum Gasteiger partial charge on any atom is 0.162 e. The largest absolute Gasteiger partial charge is 0.294 e. The molecule has 1 aromatic rings. The molecule has 1 rings (SSSR count). The summed E-state index contributed by atoms with van der Waals surface area (Å²) in [6, 6.07) is 7.98.